The van der Waals surface area contributed by atoms with Gasteiger partial charge >= 0.3 is 0 Å². The van der Waals surface area contributed by atoms with Gasteiger partial charge in [0.1, 0.15) is 18.2 Å². The maximum atomic E-state index is 12.0. The first-order valence-electron chi connectivity index (χ1n) is 3.48. The van der Waals surface area contributed by atoms with Crippen molar-refractivity contribution < 1.29 is 14.6 Å². The summed E-state index contributed by atoms with van der Waals surface area (Å²) in [6.45, 7) is -0.719. The molecule has 74 valence electrons. The highest BCUT2D eigenvalue weighted by atomic mass is 35.5. The SMILES string of the molecule is Cl.N[C@@H](CF)c1cc(O)cc(O)c1. The lowest BCUT2D eigenvalue weighted by Gasteiger charge is -2.07. The Hall–Kier alpha value is -1.00. The van der Waals surface area contributed by atoms with Gasteiger partial charge in [0.25, 0.3) is 0 Å². The summed E-state index contributed by atoms with van der Waals surface area (Å²) in [4.78, 5) is 0. The van der Waals surface area contributed by atoms with Crippen molar-refractivity contribution in [1.29, 1.82) is 0 Å². The summed E-state index contributed by atoms with van der Waals surface area (Å²) < 4.78 is 12.0. The molecular weight excluding hydrogens is 197 g/mol. The molecule has 0 aromatic heterocycles. The topological polar surface area (TPSA) is 66.5 Å². The minimum Gasteiger partial charge on any atom is -0.508 e. The summed E-state index contributed by atoms with van der Waals surface area (Å²) >= 11 is 0. The molecule has 1 aromatic rings. The number of alkyl halides is 1. The Morgan fingerprint density at radius 1 is 1.23 bits per heavy atom. The van der Waals surface area contributed by atoms with Crippen LogP contribution in [0, 0.1) is 0 Å². The normalized spacial score (nSPS) is 11.8. The van der Waals surface area contributed by atoms with Crippen molar-refractivity contribution >= 4 is 12.4 Å². The highest BCUT2D eigenvalue weighted by Gasteiger charge is 2.07. The summed E-state index contributed by atoms with van der Waals surface area (Å²) in [6.07, 6.45) is 0. The van der Waals surface area contributed by atoms with Gasteiger partial charge in [-0.2, -0.15) is 0 Å². The summed E-state index contributed by atoms with van der Waals surface area (Å²) in [5, 5.41) is 18.0. The van der Waals surface area contributed by atoms with Crippen molar-refractivity contribution in [2.24, 2.45) is 5.73 Å². The predicted octanol–water partition coefficient (Wildman–Crippen LogP) is 1.49. The standard InChI is InChI=1S/C8H10FNO2.ClH/c9-4-8(10)5-1-6(11)3-7(12)2-5;/h1-3,8,11-12H,4,10H2;1H/t8-;/m0./s1. The third-order valence-electron chi connectivity index (χ3n) is 1.52. The van der Waals surface area contributed by atoms with Crippen molar-refractivity contribution in [2.75, 3.05) is 6.67 Å². The number of rotatable bonds is 2. The van der Waals surface area contributed by atoms with E-state index in [-0.39, 0.29) is 23.9 Å². The first-order valence-corrected chi connectivity index (χ1v) is 3.48. The van der Waals surface area contributed by atoms with Gasteiger partial charge in [0, 0.05) is 6.07 Å². The van der Waals surface area contributed by atoms with Crippen LogP contribution in [0.2, 0.25) is 0 Å². The quantitative estimate of drug-likeness (QED) is 0.689. The lowest BCUT2D eigenvalue weighted by Crippen LogP contribution is -2.11. The second-order valence-electron chi connectivity index (χ2n) is 2.54. The van der Waals surface area contributed by atoms with Crippen LogP contribution in [-0.4, -0.2) is 16.9 Å². The van der Waals surface area contributed by atoms with Crippen molar-refractivity contribution in [3.8, 4) is 11.5 Å². The zero-order valence-electron chi connectivity index (χ0n) is 6.77. The summed E-state index contributed by atoms with van der Waals surface area (Å²) in [5.74, 6) is -0.234. The molecule has 0 heterocycles. The maximum absolute atomic E-state index is 12.0. The number of halogens is 2. The fraction of sp³-hybridized carbons (Fsp3) is 0.250. The van der Waals surface area contributed by atoms with Crippen LogP contribution < -0.4 is 5.73 Å². The lowest BCUT2D eigenvalue weighted by atomic mass is 10.1. The number of benzene rings is 1. The number of nitrogens with two attached hydrogens (primary N) is 1. The number of hydrogen-bond donors (Lipinski definition) is 3. The van der Waals surface area contributed by atoms with Gasteiger partial charge < -0.3 is 15.9 Å². The maximum Gasteiger partial charge on any atom is 0.119 e. The van der Waals surface area contributed by atoms with Gasteiger partial charge in [-0.05, 0) is 17.7 Å². The van der Waals surface area contributed by atoms with Crippen LogP contribution in [-0.2, 0) is 0 Å². The minimum absolute atomic E-state index is 0. The van der Waals surface area contributed by atoms with Crippen LogP contribution in [0.25, 0.3) is 0 Å². The Morgan fingerprint density at radius 2 is 1.69 bits per heavy atom. The molecule has 3 nitrogen and oxygen atoms in total. The van der Waals surface area contributed by atoms with Crippen LogP contribution in [0.1, 0.15) is 11.6 Å². The van der Waals surface area contributed by atoms with E-state index in [2.05, 4.69) is 0 Å². The Labute approximate surface area is 81.4 Å². The van der Waals surface area contributed by atoms with Gasteiger partial charge in [0.15, 0.2) is 0 Å². The second kappa shape index (κ2) is 4.89. The van der Waals surface area contributed by atoms with Crippen LogP contribution in [0.5, 0.6) is 11.5 Å². The monoisotopic (exact) mass is 207 g/mol. The van der Waals surface area contributed by atoms with E-state index in [9.17, 15) is 4.39 Å². The molecule has 0 saturated heterocycles. The molecule has 0 aliphatic rings. The summed E-state index contributed by atoms with van der Waals surface area (Å²) in [7, 11) is 0. The molecule has 0 spiro atoms. The second-order valence-corrected chi connectivity index (χ2v) is 2.54. The fourth-order valence-electron chi connectivity index (χ4n) is 0.921. The first-order chi connectivity index (χ1) is 5.63. The molecule has 0 fully saturated rings. The largest absolute Gasteiger partial charge is 0.508 e. The summed E-state index contributed by atoms with van der Waals surface area (Å²) in [6, 6.07) is 3.02. The van der Waals surface area contributed by atoms with Crippen LogP contribution in [0.15, 0.2) is 18.2 Å². The van der Waals surface area contributed by atoms with Crippen molar-refractivity contribution in [2.45, 2.75) is 6.04 Å². The Bertz CT molecular complexity index is 263. The third kappa shape index (κ3) is 3.08. The van der Waals surface area contributed by atoms with Gasteiger partial charge in [0.05, 0.1) is 6.04 Å². The van der Waals surface area contributed by atoms with E-state index in [0.29, 0.717) is 5.56 Å². The molecule has 0 bridgehead atoms. The molecule has 0 saturated carbocycles. The van der Waals surface area contributed by atoms with Gasteiger partial charge in [0.2, 0.25) is 0 Å². The first kappa shape index (κ1) is 12.0. The number of phenols is 2. The van der Waals surface area contributed by atoms with Crippen molar-refractivity contribution in [3.63, 3.8) is 0 Å². The predicted molar refractivity (Wildman–Crippen MR) is 49.9 cm³/mol. The smallest absolute Gasteiger partial charge is 0.119 e. The summed E-state index contributed by atoms with van der Waals surface area (Å²) in [5.41, 5.74) is 5.72. The Balaban J connectivity index is 0.00000144. The van der Waals surface area contributed by atoms with E-state index in [1.54, 1.807) is 0 Å². The van der Waals surface area contributed by atoms with E-state index in [4.69, 9.17) is 15.9 Å². The zero-order chi connectivity index (χ0) is 9.14. The van der Waals surface area contributed by atoms with Crippen molar-refractivity contribution in [1.82, 2.24) is 0 Å². The average Bonchev–Trinajstić information content (AvgIpc) is 2.01. The van der Waals surface area contributed by atoms with Crippen LogP contribution >= 0.6 is 12.4 Å². The Morgan fingerprint density at radius 3 is 2.08 bits per heavy atom. The average molecular weight is 208 g/mol. The molecule has 4 N–H and O–H groups in total. The molecule has 1 rings (SSSR count). The van der Waals surface area contributed by atoms with Gasteiger partial charge in [-0.3, -0.25) is 0 Å². The molecular formula is C8H11ClFNO2. The van der Waals surface area contributed by atoms with Gasteiger partial charge in [-0.1, -0.05) is 0 Å². The van der Waals surface area contributed by atoms with Gasteiger partial charge in [-0.25, -0.2) is 4.39 Å². The zero-order valence-corrected chi connectivity index (χ0v) is 7.59. The number of hydrogen-bond acceptors (Lipinski definition) is 3. The molecule has 0 aliphatic heterocycles. The number of phenolic OH excluding ortho intramolecular Hbond substituents is 2. The molecule has 0 radical (unpaired) electrons. The molecule has 1 aromatic carbocycles. The highest BCUT2D eigenvalue weighted by Crippen LogP contribution is 2.23. The highest BCUT2D eigenvalue weighted by molar-refractivity contribution is 5.85. The Kier molecular flexibility index (Phi) is 4.51. The molecule has 0 amide bonds. The molecule has 0 unspecified atom stereocenters. The van der Waals surface area contributed by atoms with E-state index in [1.165, 1.54) is 12.1 Å². The van der Waals surface area contributed by atoms with Crippen LogP contribution in [0.4, 0.5) is 4.39 Å². The van der Waals surface area contributed by atoms with E-state index >= 15 is 0 Å². The molecule has 1 atom stereocenters. The molecule has 13 heavy (non-hydrogen) atoms. The number of aromatic hydroxyl groups is 2. The van der Waals surface area contributed by atoms with E-state index in [1.807, 2.05) is 0 Å². The fourth-order valence-corrected chi connectivity index (χ4v) is 0.921. The van der Waals surface area contributed by atoms with Gasteiger partial charge in [-0.15, -0.1) is 12.4 Å². The van der Waals surface area contributed by atoms with E-state index in [0.717, 1.165) is 6.07 Å². The molecule has 0 aliphatic carbocycles. The minimum atomic E-state index is -0.789. The van der Waals surface area contributed by atoms with Crippen LogP contribution in [0.3, 0.4) is 0 Å². The third-order valence-corrected chi connectivity index (χ3v) is 1.52. The van der Waals surface area contributed by atoms with Crippen molar-refractivity contribution in [3.05, 3.63) is 23.8 Å². The molecule has 5 heteroatoms. The lowest BCUT2D eigenvalue weighted by molar-refractivity contribution is 0.426. The van der Waals surface area contributed by atoms with E-state index < -0.39 is 12.7 Å².